The van der Waals surface area contributed by atoms with Crippen molar-refractivity contribution >= 4 is 0 Å². The first kappa shape index (κ1) is 14.8. The third-order valence-corrected chi connectivity index (χ3v) is 4.39. The van der Waals surface area contributed by atoms with Crippen molar-refractivity contribution in [1.29, 1.82) is 0 Å². The van der Waals surface area contributed by atoms with E-state index in [9.17, 15) is 0 Å². The number of rotatable bonds is 4. The van der Waals surface area contributed by atoms with Gasteiger partial charge in [0.2, 0.25) is 0 Å². The van der Waals surface area contributed by atoms with Crippen LogP contribution in [0.15, 0.2) is 42.5 Å². The second-order valence-electron chi connectivity index (χ2n) is 6.17. The summed E-state index contributed by atoms with van der Waals surface area (Å²) < 4.78 is 0. The van der Waals surface area contributed by atoms with Gasteiger partial charge in [0.25, 0.3) is 0 Å². The van der Waals surface area contributed by atoms with Crippen LogP contribution in [0.2, 0.25) is 0 Å². The molecule has 0 aromatic heterocycles. The number of hydrogen-bond acceptors (Lipinski definition) is 1. The Labute approximate surface area is 122 Å². The molecule has 0 aliphatic rings. The molecule has 1 heteroatoms. The zero-order chi connectivity index (χ0) is 14.8. The minimum absolute atomic E-state index is 0.247. The molecule has 0 unspecified atom stereocenters. The molecule has 0 spiro atoms. The van der Waals surface area contributed by atoms with Crippen molar-refractivity contribution in [1.82, 2.24) is 0 Å². The Hall–Kier alpha value is -1.60. The lowest BCUT2D eigenvalue weighted by Crippen LogP contribution is -2.14. The van der Waals surface area contributed by atoms with Gasteiger partial charge in [-0.25, -0.2) is 0 Å². The van der Waals surface area contributed by atoms with E-state index in [2.05, 4.69) is 70.2 Å². The van der Waals surface area contributed by atoms with Crippen molar-refractivity contribution in [2.24, 2.45) is 5.73 Å². The largest absolute Gasteiger partial charge is 0.326 e. The molecule has 2 rings (SSSR count). The topological polar surface area (TPSA) is 26.0 Å². The van der Waals surface area contributed by atoms with E-state index in [1.165, 1.54) is 27.8 Å². The third kappa shape index (κ3) is 2.94. The Balaban J connectivity index is 2.35. The van der Waals surface area contributed by atoms with Crippen LogP contribution in [0.25, 0.3) is 11.1 Å². The lowest BCUT2D eigenvalue weighted by atomic mass is 9.81. The molecular weight excluding hydrogens is 242 g/mol. The molecule has 0 saturated carbocycles. The molecule has 0 aliphatic heterocycles. The smallest absolute Gasteiger partial charge is 0.0178 e. The fourth-order valence-electron chi connectivity index (χ4n) is 2.48. The van der Waals surface area contributed by atoms with E-state index in [4.69, 9.17) is 5.73 Å². The van der Waals surface area contributed by atoms with Crippen LogP contribution in [0.1, 0.15) is 43.9 Å². The fraction of sp³-hybridized carbons (Fsp3) is 0.368. The summed E-state index contributed by atoms with van der Waals surface area (Å²) in [6, 6.07) is 15.5. The van der Waals surface area contributed by atoms with Gasteiger partial charge in [-0.15, -0.1) is 0 Å². The van der Waals surface area contributed by atoms with Gasteiger partial charge < -0.3 is 5.73 Å². The second kappa shape index (κ2) is 5.80. The molecule has 0 bridgehead atoms. The number of benzene rings is 2. The Kier molecular flexibility index (Phi) is 4.29. The molecule has 0 aliphatic carbocycles. The van der Waals surface area contributed by atoms with E-state index >= 15 is 0 Å². The number of hydrogen-bond donors (Lipinski definition) is 1. The van der Waals surface area contributed by atoms with Gasteiger partial charge in [0.15, 0.2) is 0 Å². The maximum atomic E-state index is 5.69. The SMILES string of the molecule is CCC(C)(C)c1ccc(-c2ccc(CN)cc2C)cc1. The summed E-state index contributed by atoms with van der Waals surface area (Å²) in [5.41, 5.74) is 12.4. The van der Waals surface area contributed by atoms with E-state index in [-0.39, 0.29) is 5.41 Å². The Morgan fingerprint density at radius 1 is 1.00 bits per heavy atom. The first-order valence-electron chi connectivity index (χ1n) is 7.38. The van der Waals surface area contributed by atoms with Crippen LogP contribution < -0.4 is 5.73 Å². The predicted octanol–water partition coefficient (Wildman–Crippen LogP) is 4.81. The summed E-state index contributed by atoms with van der Waals surface area (Å²) in [4.78, 5) is 0. The Morgan fingerprint density at radius 3 is 2.15 bits per heavy atom. The maximum absolute atomic E-state index is 5.69. The summed E-state index contributed by atoms with van der Waals surface area (Å²) in [5, 5.41) is 0. The van der Waals surface area contributed by atoms with Crippen molar-refractivity contribution in [3.8, 4) is 11.1 Å². The fourth-order valence-corrected chi connectivity index (χ4v) is 2.48. The van der Waals surface area contributed by atoms with Crippen LogP contribution in [0.3, 0.4) is 0 Å². The molecule has 0 amide bonds. The molecule has 0 fully saturated rings. The van der Waals surface area contributed by atoms with Gasteiger partial charge in [0, 0.05) is 6.54 Å². The summed E-state index contributed by atoms with van der Waals surface area (Å²) in [6.45, 7) is 9.58. The Bertz CT molecular complexity index is 579. The highest BCUT2D eigenvalue weighted by molar-refractivity contribution is 5.68. The second-order valence-corrected chi connectivity index (χ2v) is 6.17. The van der Waals surface area contributed by atoms with E-state index in [0.717, 1.165) is 6.42 Å². The summed E-state index contributed by atoms with van der Waals surface area (Å²) in [7, 11) is 0. The van der Waals surface area contributed by atoms with Gasteiger partial charge in [0.05, 0.1) is 0 Å². The zero-order valence-corrected chi connectivity index (χ0v) is 13.0. The van der Waals surface area contributed by atoms with Gasteiger partial charge >= 0.3 is 0 Å². The highest BCUT2D eigenvalue weighted by atomic mass is 14.5. The van der Waals surface area contributed by atoms with Crippen molar-refractivity contribution < 1.29 is 0 Å². The van der Waals surface area contributed by atoms with E-state index < -0.39 is 0 Å². The zero-order valence-electron chi connectivity index (χ0n) is 13.0. The van der Waals surface area contributed by atoms with Crippen LogP contribution in [0, 0.1) is 6.92 Å². The molecule has 2 aromatic carbocycles. The first-order valence-corrected chi connectivity index (χ1v) is 7.38. The highest BCUT2D eigenvalue weighted by Gasteiger charge is 2.17. The van der Waals surface area contributed by atoms with Crippen LogP contribution in [-0.2, 0) is 12.0 Å². The predicted molar refractivity (Wildman–Crippen MR) is 87.8 cm³/mol. The van der Waals surface area contributed by atoms with Crippen LogP contribution >= 0.6 is 0 Å². The van der Waals surface area contributed by atoms with Gasteiger partial charge in [-0.05, 0) is 46.6 Å². The maximum Gasteiger partial charge on any atom is 0.0178 e. The summed E-state index contributed by atoms with van der Waals surface area (Å²) >= 11 is 0. The monoisotopic (exact) mass is 267 g/mol. The van der Waals surface area contributed by atoms with Crippen LogP contribution in [0.4, 0.5) is 0 Å². The minimum Gasteiger partial charge on any atom is -0.326 e. The number of nitrogens with two attached hydrogens (primary N) is 1. The van der Waals surface area contributed by atoms with Crippen molar-refractivity contribution in [3.63, 3.8) is 0 Å². The standard InChI is InChI=1S/C19H25N/c1-5-19(3,4)17-9-7-16(8-10-17)18-11-6-15(13-20)12-14(18)2/h6-12H,5,13,20H2,1-4H3. The van der Waals surface area contributed by atoms with Crippen molar-refractivity contribution in [2.75, 3.05) is 0 Å². The molecule has 0 saturated heterocycles. The summed E-state index contributed by atoms with van der Waals surface area (Å²) in [5.74, 6) is 0. The molecular formula is C19H25N. The van der Waals surface area contributed by atoms with Gasteiger partial charge in [-0.1, -0.05) is 63.2 Å². The number of aryl methyl sites for hydroxylation is 1. The molecule has 2 aromatic rings. The van der Waals surface area contributed by atoms with Gasteiger partial charge in [-0.2, -0.15) is 0 Å². The average molecular weight is 267 g/mol. The van der Waals surface area contributed by atoms with Crippen molar-refractivity contribution in [3.05, 3.63) is 59.2 Å². The van der Waals surface area contributed by atoms with E-state index in [1.807, 2.05) is 0 Å². The lowest BCUT2D eigenvalue weighted by Gasteiger charge is -2.23. The quantitative estimate of drug-likeness (QED) is 0.845. The van der Waals surface area contributed by atoms with Gasteiger partial charge in [-0.3, -0.25) is 0 Å². The molecule has 1 nitrogen and oxygen atoms in total. The first-order chi connectivity index (χ1) is 9.47. The molecule has 2 N–H and O–H groups in total. The lowest BCUT2D eigenvalue weighted by molar-refractivity contribution is 0.506. The minimum atomic E-state index is 0.247. The van der Waals surface area contributed by atoms with Crippen LogP contribution in [0.5, 0.6) is 0 Å². The van der Waals surface area contributed by atoms with E-state index in [0.29, 0.717) is 6.54 Å². The van der Waals surface area contributed by atoms with Gasteiger partial charge in [0.1, 0.15) is 0 Å². The molecule has 0 heterocycles. The van der Waals surface area contributed by atoms with Crippen LogP contribution in [-0.4, -0.2) is 0 Å². The normalized spacial score (nSPS) is 11.7. The molecule has 20 heavy (non-hydrogen) atoms. The van der Waals surface area contributed by atoms with E-state index in [1.54, 1.807) is 0 Å². The molecule has 0 radical (unpaired) electrons. The average Bonchev–Trinajstić information content (AvgIpc) is 2.47. The molecule has 106 valence electrons. The highest BCUT2D eigenvalue weighted by Crippen LogP contribution is 2.30. The molecule has 0 atom stereocenters. The summed E-state index contributed by atoms with van der Waals surface area (Å²) in [6.07, 6.45) is 1.15. The third-order valence-electron chi connectivity index (χ3n) is 4.39. The van der Waals surface area contributed by atoms with Crippen molar-refractivity contribution in [2.45, 2.75) is 46.1 Å². The Morgan fingerprint density at radius 2 is 1.65 bits per heavy atom.